The molecule has 1 aliphatic heterocycles. The summed E-state index contributed by atoms with van der Waals surface area (Å²) in [5.41, 5.74) is -0.684. The van der Waals surface area contributed by atoms with Crippen LogP contribution in [-0.2, 0) is 16.0 Å². The largest absolute Gasteiger partial charge is 0.478 e. The van der Waals surface area contributed by atoms with Crippen molar-refractivity contribution in [1.29, 1.82) is 0 Å². The van der Waals surface area contributed by atoms with Crippen molar-refractivity contribution in [1.82, 2.24) is 9.88 Å². The highest BCUT2D eigenvalue weighted by atomic mass is 16.5. The molecule has 1 aliphatic rings. The van der Waals surface area contributed by atoms with E-state index in [4.69, 9.17) is 9.15 Å². The van der Waals surface area contributed by atoms with Gasteiger partial charge in [0.25, 0.3) is 0 Å². The number of pyridine rings is 1. The van der Waals surface area contributed by atoms with Crippen molar-refractivity contribution in [2.75, 3.05) is 13.1 Å². The van der Waals surface area contributed by atoms with E-state index in [1.165, 1.54) is 0 Å². The number of rotatable bonds is 6. The smallest absolute Gasteiger partial charge is 0.348 e. The van der Waals surface area contributed by atoms with Gasteiger partial charge in [0.1, 0.15) is 11.5 Å². The Morgan fingerprint density at radius 2 is 2.08 bits per heavy atom. The lowest BCUT2D eigenvalue weighted by Crippen LogP contribution is -2.54. The highest BCUT2D eigenvalue weighted by molar-refractivity contribution is 5.80. The molecular weight excluding hydrogens is 336 g/mol. The van der Waals surface area contributed by atoms with Crippen LogP contribution in [0.15, 0.2) is 41.1 Å². The number of aliphatic carboxylic acids is 1. The number of likely N-dealkylation sites (tertiary alicyclic amines) is 1. The summed E-state index contributed by atoms with van der Waals surface area (Å²) < 4.78 is 11.1. The van der Waals surface area contributed by atoms with E-state index in [1.54, 1.807) is 42.5 Å². The second-order valence-corrected chi connectivity index (χ2v) is 6.45. The molecule has 1 saturated heterocycles. The maximum Gasteiger partial charge on any atom is 0.348 e. The Morgan fingerprint density at radius 1 is 1.31 bits per heavy atom. The van der Waals surface area contributed by atoms with Crippen LogP contribution < -0.4 is 4.74 Å². The van der Waals surface area contributed by atoms with Gasteiger partial charge in [0.2, 0.25) is 11.5 Å². The summed E-state index contributed by atoms with van der Waals surface area (Å²) in [6.45, 7) is 2.48. The Balaban J connectivity index is 1.61. The van der Waals surface area contributed by atoms with Crippen molar-refractivity contribution in [2.24, 2.45) is 0 Å². The fourth-order valence-corrected chi connectivity index (χ4v) is 3.11. The van der Waals surface area contributed by atoms with E-state index < -0.39 is 11.6 Å². The third kappa shape index (κ3) is 3.87. The minimum Gasteiger partial charge on any atom is -0.478 e. The number of carboxylic acids is 1. The maximum absolute atomic E-state index is 12.4. The first kappa shape index (κ1) is 18.0. The number of hydrogen-bond donors (Lipinski definition) is 1. The van der Waals surface area contributed by atoms with Gasteiger partial charge in [0.15, 0.2) is 0 Å². The van der Waals surface area contributed by atoms with Crippen LogP contribution in [0.3, 0.4) is 0 Å². The van der Waals surface area contributed by atoms with Crippen LogP contribution in [0.2, 0.25) is 0 Å². The molecule has 1 amide bonds. The Kier molecular flexibility index (Phi) is 5.25. The first-order chi connectivity index (χ1) is 12.5. The van der Waals surface area contributed by atoms with Gasteiger partial charge in [-0.15, -0.1) is 0 Å². The van der Waals surface area contributed by atoms with Crippen LogP contribution in [0.4, 0.5) is 0 Å². The lowest BCUT2D eigenvalue weighted by Gasteiger charge is -2.39. The zero-order chi connectivity index (χ0) is 18.6. The summed E-state index contributed by atoms with van der Waals surface area (Å²) in [5.74, 6) is 0.222. The first-order valence-electron chi connectivity index (χ1n) is 8.64. The monoisotopic (exact) mass is 358 g/mol. The highest BCUT2D eigenvalue weighted by Gasteiger charge is 2.45. The Bertz CT molecular complexity index is 764. The SMILES string of the molecule is Cc1ncccc1OC1(C(=O)O)CCN(C(=O)CCc2ccco2)CC1. The molecule has 1 N–H and O–H groups in total. The second kappa shape index (κ2) is 7.59. The fraction of sp³-hybridized carbons (Fsp3) is 0.421. The summed E-state index contributed by atoms with van der Waals surface area (Å²) in [4.78, 5) is 30.1. The molecule has 3 heterocycles. The molecule has 0 saturated carbocycles. The standard InChI is InChI=1S/C19H22N2O5/c1-14-16(5-2-10-20-14)26-19(18(23)24)8-11-21(12-9-19)17(22)7-6-15-4-3-13-25-15/h2-5,10,13H,6-9,11-12H2,1H3,(H,23,24). The Hall–Kier alpha value is -2.83. The van der Waals surface area contributed by atoms with Gasteiger partial charge in [0.05, 0.1) is 12.0 Å². The van der Waals surface area contributed by atoms with E-state index in [0.29, 0.717) is 37.4 Å². The van der Waals surface area contributed by atoms with E-state index >= 15 is 0 Å². The summed E-state index contributed by atoms with van der Waals surface area (Å²) in [5, 5.41) is 9.73. The molecule has 2 aromatic heterocycles. The molecule has 138 valence electrons. The molecule has 0 aromatic carbocycles. The minimum atomic E-state index is -1.33. The average molecular weight is 358 g/mol. The van der Waals surface area contributed by atoms with Crippen molar-refractivity contribution < 1.29 is 23.8 Å². The lowest BCUT2D eigenvalue weighted by molar-refractivity contribution is -0.161. The molecule has 0 atom stereocenters. The summed E-state index contributed by atoms with van der Waals surface area (Å²) in [6, 6.07) is 7.06. The molecule has 7 heteroatoms. The number of carbonyl (C=O) groups excluding carboxylic acids is 1. The van der Waals surface area contributed by atoms with Gasteiger partial charge in [0, 0.05) is 45.0 Å². The quantitative estimate of drug-likeness (QED) is 0.852. The van der Waals surface area contributed by atoms with E-state index in [-0.39, 0.29) is 18.7 Å². The molecule has 0 radical (unpaired) electrons. The minimum absolute atomic E-state index is 0.00190. The van der Waals surface area contributed by atoms with Crippen molar-refractivity contribution in [2.45, 2.75) is 38.2 Å². The van der Waals surface area contributed by atoms with Crippen LogP contribution in [0.5, 0.6) is 5.75 Å². The molecule has 3 rings (SSSR count). The third-order valence-corrected chi connectivity index (χ3v) is 4.74. The molecule has 26 heavy (non-hydrogen) atoms. The molecule has 0 spiro atoms. The van der Waals surface area contributed by atoms with Crippen LogP contribution >= 0.6 is 0 Å². The van der Waals surface area contributed by atoms with Crippen molar-refractivity contribution in [3.8, 4) is 5.75 Å². The lowest BCUT2D eigenvalue weighted by atomic mass is 9.90. The van der Waals surface area contributed by atoms with Gasteiger partial charge in [-0.25, -0.2) is 4.79 Å². The van der Waals surface area contributed by atoms with Gasteiger partial charge in [-0.05, 0) is 31.2 Å². The van der Waals surface area contributed by atoms with Crippen molar-refractivity contribution >= 4 is 11.9 Å². The van der Waals surface area contributed by atoms with Crippen LogP contribution in [0.25, 0.3) is 0 Å². The first-order valence-corrected chi connectivity index (χ1v) is 8.64. The molecule has 0 bridgehead atoms. The number of nitrogens with zero attached hydrogens (tertiary/aromatic N) is 2. The van der Waals surface area contributed by atoms with E-state index in [9.17, 15) is 14.7 Å². The Labute approximate surface area is 151 Å². The molecule has 1 fully saturated rings. The van der Waals surface area contributed by atoms with E-state index in [0.717, 1.165) is 5.76 Å². The number of amides is 1. The van der Waals surface area contributed by atoms with Crippen molar-refractivity contribution in [3.63, 3.8) is 0 Å². The number of carboxylic acid groups (broad SMARTS) is 1. The number of furan rings is 1. The van der Waals surface area contributed by atoms with Crippen molar-refractivity contribution in [3.05, 3.63) is 48.2 Å². The predicted molar refractivity (Wildman–Crippen MR) is 92.8 cm³/mol. The van der Waals surface area contributed by atoms with Crippen LogP contribution in [0, 0.1) is 6.92 Å². The second-order valence-electron chi connectivity index (χ2n) is 6.45. The van der Waals surface area contributed by atoms with Gasteiger partial charge in [-0.1, -0.05) is 0 Å². The summed E-state index contributed by atoms with van der Waals surface area (Å²) >= 11 is 0. The molecule has 2 aromatic rings. The van der Waals surface area contributed by atoms with Crippen LogP contribution in [0.1, 0.15) is 30.7 Å². The average Bonchev–Trinajstić information content (AvgIpc) is 3.16. The van der Waals surface area contributed by atoms with Gasteiger partial charge < -0.3 is 19.2 Å². The molecule has 7 nitrogen and oxygen atoms in total. The number of ether oxygens (including phenoxy) is 1. The topological polar surface area (TPSA) is 92.9 Å². The number of piperidine rings is 1. The fourth-order valence-electron chi connectivity index (χ4n) is 3.11. The molecule has 0 unspecified atom stereocenters. The molecule has 0 aliphatic carbocycles. The number of aromatic nitrogens is 1. The van der Waals surface area contributed by atoms with Gasteiger partial charge in [-0.3, -0.25) is 9.78 Å². The normalized spacial score (nSPS) is 16.3. The summed E-state index contributed by atoms with van der Waals surface area (Å²) in [6.07, 6.45) is 4.58. The Morgan fingerprint density at radius 3 is 2.69 bits per heavy atom. The zero-order valence-electron chi connectivity index (χ0n) is 14.7. The number of hydrogen-bond acceptors (Lipinski definition) is 5. The van der Waals surface area contributed by atoms with Gasteiger partial charge >= 0.3 is 5.97 Å². The third-order valence-electron chi connectivity index (χ3n) is 4.74. The van der Waals surface area contributed by atoms with Crippen LogP contribution in [-0.4, -0.2) is 45.6 Å². The highest BCUT2D eigenvalue weighted by Crippen LogP contribution is 2.30. The predicted octanol–water partition coefficient (Wildman–Crippen LogP) is 2.44. The number of aryl methyl sites for hydroxylation is 2. The van der Waals surface area contributed by atoms with E-state index in [1.807, 2.05) is 6.07 Å². The molecular formula is C19H22N2O5. The number of carbonyl (C=O) groups is 2. The zero-order valence-corrected chi connectivity index (χ0v) is 14.7. The van der Waals surface area contributed by atoms with E-state index in [2.05, 4.69) is 4.98 Å². The van der Waals surface area contributed by atoms with Gasteiger partial charge in [-0.2, -0.15) is 0 Å². The summed E-state index contributed by atoms with van der Waals surface area (Å²) in [7, 11) is 0. The maximum atomic E-state index is 12.4.